The van der Waals surface area contributed by atoms with Crippen LogP contribution in [0.2, 0.25) is 0 Å². The predicted molar refractivity (Wildman–Crippen MR) is 66.5 cm³/mol. The molecule has 0 bridgehead atoms. The first-order valence-corrected chi connectivity index (χ1v) is 5.67. The Morgan fingerprint density at radius 2 is 2.22 bits per heavy atom. The molecule has 1 atom stereocenters. The number of benzene rings is 1. The zero-order chi connectivity index (χ0) is 13.7. The zero-order valence-electron chi connectivity index (χ0n) is 10.3. The number of hydrogen-bond donors (Lipinski definition) is 2. The van der Waals surface area contributed by atoms with E-state index in [0.717, 1.165) is 0 Å². The van der Waals surface area contributed by atoms with Crippen molar-refractivity contribution in [1.29, 1.82) is 0 Å². The molecule has 0 saturated heterocycles. The Kier molecular flexibility index (Phi) is 4.79. The summed E-state index contributed by atoms with van der Waals surface area (Å²) in [6.07, 6.45) is 0.557. The van der Waals surface area contributed by atoms with E-state index in [1.165, 1.54) is 12.1 Å². The fourth-order valence-electron chi connectivity index (χ4n) is 1.63. The highest BCUT2D eigenvalue weighted by Gasteiger charge is 2.23. The molecular formula is C12H16N2O4. The van der Waals surface area contributed by atoms with Crippen LogP contribution < -0.4 is 5.32 Å². The molecular weight excluding hydrogens is 236 g/mol. The number of aliphatic hydroxyl groups excluding tert-OH is 1. The number of nitro benzene ring substituents is 1. The van der Waals surface area contributed by atoms with Gasteiger partial charge < -0.3 is 10.4 Å². The van der Waals surface area contributed by atoms with Crippen molar-refractivity contribution >= 4 is 11.6 Å². The third-order valence-corrected chi connectivity index (χ3v) is 2.72. The molecule has 6 nitrogen and oxygen atoms in total. The maximum atomic E-state index is 12.0. The van der Waals surface area contributed by atoms with Crippen LogP contribution in [0, 0.1) is 17.0 Å². The van der Waals surface area contributed by atoms with E-state index in [-0.39, 0.29) is 17.9 Å². The number of carbonyl (C=O) groups excluding carboxylic acids is 1. The molecule has 1 rings (SSSR count). The Bertz CT molecular complexity index is 455. The predicted octanol–water partition coefficient (Wildman–Crippen LogP) is 1.40. The normalized spacial score (nSPS) is 11.9. The molecule has 1 aromatic rings. The van der Waals surface area contributed by atoms with Gasteiger partial charge in [0.15, 0.2) is 0 Å². The van der Waals surface area contributed by atoms with Gasteiger partial charge in [-0.2, -0.15) is 0 Å². The number of nitrogens with one attached hydrogen (secondary N) is 1. The summed E-state index contributed by atoms with van der Waals surface area (Å²) in [5.41, 5.74) is 0.365. The van der Waals surface area contributed by atoms with E-state index in [2.05, 4.69) is 5.32 Å². The largest absolute Gasteiger partial charge is 0.394 e. The van der Waals surface area contributed by atoms with Crippen LogP contribution in [0.5, 0.6) is 0 Å². The number of amides is 1. The summed E-state index contributed by atoms with van der Waals surface area (Å²) < 4.78 is 0. The second-order valence-corrected chi connectivity index (χ2v) is 3.99. The molecule has 18 heavy (non-hydrogen) atoms. The smallest absolute Gasteiger partial charge is 0.282 e. The van der Waals surface area contributed by atoms with Gasteiger partial charge in [0.2, 0.25) is 0 Å². The minimum absolute atomic E-state index is 0.0504. The number of hydrogen-bond acceptors (Lipinski definition) is 4. The van der Waals surface area contributed by atoms with Gasteiger partial charge in [-0.05, 0) is 18.9 Å². The monoisotopic (exact) mass is 252 g/mol. The molecule has 0 fully saturated rings. The highest BCUT2D eigenvalue weighted by Crippen LogP contribution is 2.21. The first kappa shape index (κ1) is 14.1. The van der Waals surface area contributed by atoms with Crippen molar-refractivity contribution < 1.29 is 14.8 Å². The van der Waals surface area contributed by atoms with E-state index in [4.69, 9.17) is 5.11 Å². The van der Waals surface area contributed by atoms with Gasteiger partial charge in [0.05, 0.1) is 17.6 Å². The van der Waals surface area contributed by atoms with Crippen molar-refractivity contribution in [3.63, 3.8) is 0 Å². The fourth-order valence-corrected chi connectivity index (χ4v) is 1.63. The second kappa shape index (κ2) is 6.11. The van der Waals surface area contributed by atoms with Gasteiger partial charge in [0.25, 0.3) is 11.6 Å². The lowest BCUT2D eigenvalue weighted by molar-refractivity contribution is -0.385. The first-order chi connectivity index (χ1) is 8.51. The molecule has 0 spiro atoms. The van der Waals surface area contributed by atoms with Crippen molar-refractivity contribution in [1.82, 2.24) is 5.32 Å². The van der Waals surface area contributed by atoms with Crippen molar-refractivity contribution in [3.05, 3.63) is 39.4 Å². The number of carbonyl (C=O) groups is 1. The summed E-state index contributed by atoms with van der Waals surface area (Å²) in [7, 11) is 0. The molecule has 6 heteroatoms. The number of nitrogens with zero attached hydrogens (tertiary/aromatic N) is 1. The Hall–Kier alpha value is -1.95. The third kappa shape index (κ3) is 3.04. The van der Waals surface area contributed by atoms with Crippen molar-refractivity contribution in [2.24, 2.45) is 0 Å². The van der Waals surface area contributed by atoms with Crippen LogP contribution >= 0.6 is 0 Å². The van der Waals surface area contributed by atoms with E-state index in [1.54, 1.807) is 13.0 Å². The Morgan fingerprint density at radius 1 is 1.56 bits per heavy atom. The van der Waals surface area contributed by atoms with Crippen LogP contribution in [-0.2, 0) is 0 Å². The number of rotatable bonds is 5. The minimum atomic E-state index is -0.582. The first-order valence-electron chi connectivity index (χ1n) is 5.67. The van der Waals surface area contributed by atoms with Gasteiger partial charge in [-0.15, -0.1) is 0 Å². The maximum absolute atomic E-state index is 12.0. The van der Waals surface area contributed by atoms with Crippen molar-refractivity contribution in [2.75, 3.05) is 6.61 Å². The molecule has 0 radical (unpaired) electrons. The lowest BCUT2D eigenvalue weighted by Crippen LogP contribution is -2.37. The standard InChI is InChI=1S/C12H16N2O4/c1-3-9(7-15)13-12(16)11-8(2)5-4-6-10(11)14(17)18/h4-6,9,15H,3,7H2,1-2H3,(H,13,16). The Balaban J connectivity index is 3.08. The number of aryl methyl sites for hydroxylation is 1. The SMILES string of the molecule is CCC(CO)NC(=O)c1c(C)cccc1[N+](=O)[O-]. The van der Waals surface area contributed by atoms with Gasteiger partial charge in [-0.1, -0.05) is 19.1 Å². The summed E-state index contributed by atoms with van der Waals surface area (Å²) in [6, 6.07) is 4.08. The average molecular weight is 252 g/mol. The van der Waals surface area contributed by atoms with Crippen molar-refractivity contribution in [2.45, 2.75) is 26.3 Å². The van der Waals surface area contributed by atoms with E-state index in [0.29, 0.717) is 12.0 Å². The van der Waals surface area contributed by atoms with Crippen LogP contribution in [0.1, 0.15) is 29.3 Å². The highest BCUT2D eigenvalue weighted by molar-refractivity contribution is 5.99. The highest BCUT2D eigenvalue weighted by atomic mass is 16.6. The summed E-state index contributed by atoms with van der Waals surface area (Å²) in [5, 5.41) is 22.5. The van der Waals surface area contributed by atoms with Gasteiger partial charge >= 0.3 is 0 Å². The molecule has 0 heterocycles. The van der Waals surface area contributed by atoms with Crippen LogP contribution in [0.3, 0.4) is 0 Å². The minimum Gasteiger partial charge on any atom is -0.394 e. The van der Waals surface area contributed by atoms with Crippen LogP contribution in [0.15, 0.2) is 18.2 Å². The zero-order valence-corrected chi connectivity index (χ0v) is 10.3. The van der Waals surface area contributed by atoms with E-state index < -0.39 is 16.9 Å². The molecule has 1 unspecified atom stereocenters. The quantitative estimate of drug-likeness (QED) is 0.612. The number of aliphatic hydroxyl groups is 1. The third-order valence-electron chi connectivity index (χ3n) is 2.72. The van der Waals surface area contributed by atoms with E-state index in [1.807, 2.05) is 6.92 Å². The molecule has 2 N–H and O–H groups in total. The lowest BCUT2D eigenvalue weighted by Gasteiger charge is -2.14. The van der Waals surface area contributed by atoms with Gasteiger partial charge in [0.1, 0.15) is 5.56 Å². The Labute approximate surface area is 105 Å². The summed E-state index contributed by atoms with van der Waals surface area (Å²) in [5.74, 6) is -0.527. The fraction of sp³-hybridized carbons (Fsp3) is 0.417. The van der Waals surface area contributed by atoms with Crippen molar-refractivity contribution in [3.8, 4) is 0 Å². The molecule has 1 amide bonds. The molecule has 98 valence electrons. The molecule has 0 aromatic heterocycles. The van der Waals surface area contributed by atoms with Gasteiger partial charge in [-0.3, -0.25) is 14.9 Å². The van der Waals surface area contributed by atoms with Gasteiger partial charge in [-0.25, -0.2) is 0 Å². The van der Waals surface area contributed by atoms with Crippen LogP contribution in [0.25, 0.3) is 0 Å². The van der Waals surface area contributed by atoms with Gasteiger partial charge in [0, 0.05) is 6.07 Å². The lowest BCUT2D eigenvalue weighted by atomic mass is 10.1. The topological polar surface area (TPSA) is 92.5 Å². The summed E-state index contributed by atoms with van der Waals surface area (Å²) >= 11 is 0. The Morgan fingerprint density at radius 3 is 2.72 bits per heavy atom. The molecule has 0 saturated carbocycles. The van der Waals surface area contributed by atoms with E-state index in [9.17, 15) is 14.9 Å². The summed E-state index contributed by atoms with van der Waals surface area (Å²) in [6.45, 7) is 3.26. The molecule has 0 aliphatic heterocycles. The molecule has 0 aliphatic carbocycles. The van der Waals surface area contributed by atoms with Crippen LogP contribution in [0.4, 0.5) is 5.69 Å². The van der Waals surface area contributed by atoms with E-state index >= 15 is 0 Å². The van der Waals surface area contributed by atoms with Crippen LogP contribution in [-0.4, -0.2) is 28.6 Å². The number of nitro groups is 1. The second-order valence-electron chi connectivity index (χ2n) is 3.99. The average Bonchev–Trinajstić information content (AvgIpc) is 2.35. The summed E-state index contributed by atoms with van der Waals surface area (Å²) in [4.78, 5) is 22.3. The maximum Gasteiger partial charge on any atom is 0.282 e. The molecule has 0 aliphatic rings. The molecule has 1 aromatic carbocycles.